The first-order valence-corrected chi connectivity index (χ1v) is 8.10. The molecule has 1 amide bonds. The van der Waals surface area contributed by atoms with Crippen LogP contribution in [0.4, 0.5) is 5.69 Å². The van der Waals surface area contributed by atoms with Gasteiger partial charge in [0.25, 0.3) is 5.91 Å². The Bertz CT molecular complexity index is 595. The van der Waals surface area contributed by atoms with Gasteiger partial charge < -0.3 is 10.6 Å². The van der Waals surface area contributed by atoms with E-state index < -0.39 is 0 Å². The number of amides is 1. The Labute approximate surface area is 129 Å². The molecule has 0 aliphatic heterocycles. The first-order valence-electron chi connectivity index (χ1n) is 7.22. The zero-order valence-corrected chi connectivity index (χ0v) is 13.3. The molecule has 1 heterocycles. The van der Waals surface area contributed by atoms with Crippen molar-refractivity contribution in [2.24, 2.45) is 0 Å². The Kier molecular flexibility index (Phi) is 5.75. The van der Waals surface area contributed by atoms with E-state index in [-0.39, 0.29) is 5.91 Å². The van der Waals surface area contributed by atoms with E-state index in [1.165, 1.54) is 0 Å². The number of carbonyl (C=O) groups excluding carboxylic acids is 1. The van der Waals surface area contributed by atoms with Crippen molar-refractivity contribution in [1.82, 2.24) is 10.3 Å². The third kappa shape index (κ3) is 4.56. The molecule has 0 bridgehead atoms. The zero-order chi connectivity index (χ0) is 15.1. The molecule has 0 radical (unpaired) electrons. The maximum absolute atomic E-state index is 12.3. The summed E-state index contributed by atoms with van der Waals surface area (Å²) in [6.07, 6.45) is 1.80. The topological polar surface area (TPSA) is 54.0 Å². The van der Waals surface area contributed by atoms with Crippen LogP contribution >= 0.6 is 11.3 Å². The molecule has 0 saturated carbocycles. The molecular weight excluding hydrogens is 282 g/mol. The average Bonchev–Trinajstić information content (AvgIpc) is 2.91. The number of aromatic nitrogens is 1. The lowest BCUT2D eigenvalue weighted by molar-refractivity contribution is 0.0955. The van der Waals surface area contributed by atoms with Crippen LogP contribution in [0.3, 0.4) is 0 Å². The number of nitrogens with zero attached hydrogens (tertiary/aromatic N) is 1. The molecule has 2 N–H and O–H groups in total. The van der Waals surface area contributed by atoms with Gasteiger partial charge in [-0.05, 0) is 25.5 Å². The second-order valence-electron chi connectivity index (χ2n) is 4.86. The number of hydrogen-bond acceptors (Lipinski definition) is 4. The van der Waals surface area contributed by atoms with Crippen molar-refractivity contribution in [2.75, 3.05) is 18.4 Å². The number of thiazole rings is 1. The fraction of sp³-hybridized carbons (Fsp3) is 0.375. The van der Waals surface area contributed by atoms with Crippen molar-refractivity contribution in [1.29, 1.82) is 0 Å². The molecule has 112 valence electrons. The maximum atomic E-state index is 12.3. The number of nitrogens with one attached hydrogen (secondary N) is 2. The van der Waals surface area contributed by atoms with Gasteiger partial charge >= 0.3 is 0 Å². The first-order chi connectivity index (χ1) is 10.2. The Balaban J connectivity index is 1.90. The second-order valence-corrected chi connectivity index (χ2v) is 5.80. The minimum Gasteiger partial charge on any atom is -0.384 e. The number of anilines is 1. The quantitative estimate of drug-likeness (QED) is 0.825. The van der Waals surface area contributed by atoms with Crippen LogP contribution in [0.1, 0.15) is 34.4 Å². The van der Waals surface area contributed by atoms with Crippen molar-refractivity contribution in [2.45, 2.75) is 26.7 Å². The first kappa shape index (κ1) is 15.5. The third-order valence-corrected chi connectivity index (χ3v) is 4.05. The number of para-hydroxylation sites is 1. The lowest BCUT2D eigenvalue weighted by Gasteiger charge is -2.11. The van der Waals surface area contributed by atoms with Crippen LogP contribution in [0.25, 0.3) is 0 Å². The second kappa shape index (κ2) is 7.78. The van der Waals surface area contributed by atoms with Crippen molar-refractivity contribution < 1.29 is 4.79 Å². The van der Waals surface area contributed by atoms with E-state index >= 15 is 0 Å². The van der Waals surface area contributed by atoms with Gasteiger partial charge in [-0.3, -0.25) is 4.79 Å². The summed E-state index contributed by atoms with van der Waals surface area (Å²) in [5.74, 6) is -0.0394. The summed E-state index contributed by atoms with van der Waals surface area (Å²) in [5.41, 5.74) is 2.62. The molecule has 0 unspecified atom stereocenters. The van der Waals surface area contributed by atoms with Crippen LogP contribution in [0.5, 0.6) is 0 Å². The fourth-order valence-corrected chi connectivity index (χ4v) is 2.77. The molecule has 1 aromatic carbocycles. The third-order valence-electron chi connectivity index (χ3n) is 3.03. The predicted octanol–water partition coefficient (Wildman–Crippen LogP) is 3.25. The van der Waals surface area contributed by atoms with Crippen LogP contribution in [0.15, 0.2) is 29.6 Å². The molecule has 21 heavy (non-hydrogen) atoms. The van der Waals surface area contributed by atoms with Gasteiger partial charge in [-0.2, -0.15) is 0 Å². The highest BCUT2D eigenvalue weighted by Gasteiger charge is 2.10. The molecule has 0 aliphatic rings. The molecule has 2 rings (SSSR count). The lowest BCUT2D eigenvalue weighted by Crippen LogP contribution is -2.26. The molecule has 0 fully saturated rings. The van der Waals surface area contributed by atoms with Crippen LogP contribution in [-0.4, -0.2) is 24.0 Å². The number of benzene rings is 1. The largest absolute Gasteiger partial charge is 0.384 e. The van der Waals surface area contributed by atoms with Crippen molar-refractivity contribution in [3.05, 3.63) is 45.9 Å². The van der Waals surface area contributed by atoms with E-state index in [4.69, 9.17) is 0 Å². The molecule has 2 aromatic rings. The van der Waals surface area contributed by atoms with Crippen LogP contribution in [0, 0.1) is 6.92 Å². The Hall–Kier alpha value is -1.88. The van der Waals surface area contributed by atoms with Crippen LogP contribution in [0.2, 0.25) is 0 Å². The van der Waals surface area contributed by atoms with Gasteiger partial charge in [-0.15, -0.1) is 11.3 Å². The minimum atomic E-state index is -0.0394. The highest BCUT2D eigenvalue weighted by molar-refractivity contribution is 7.09. The van der Waals surface area contributed by atoms with E-state index in [0.717, 1.165) is 35.8 Å². The predicted molar refractivity (Wildman–Crippen MR) is 88.1 cm³/mol. The fourth-order valence-electron chi connectivity index (χ4n) is 1.99. The summed E-state index contributed by atoms with van der Waals surface area (Å²) in [6.45, 7) is 5.55. The Morgan fingerprint density at radius 2 is 2.10 bits per heavy atom. The van der Waals surface area contributed by atoms with Gasteiger partial charge in [-0.25, -0.2) is 4.98 Å². The van der Waals surface area contributed by atoms with E-state index in [9.17, 15) is 4.79 Å². The lowest BCUT2D eigenvalue weighted by atomic mass is 10.1. The standard InChI is InChI=1S/C16H21N3OS/c1-3-9-17-14-7-5-4-6-13(14)16(20)18-10-8-15-19-12(2)11-21-15/h4-7,11,17H,3,8-10H2,1-2H3,(H,18,20). The van der Waals surface area contributed by atoms with Crippen LogP contribution in [-0.2, 0) is 6.42 Å². The van der Waals surface area contributed by atoms with Gasteiger partial charge in [-0.1, -0.05) is 19.1 Å². The van der Waals surface area contributed by atoms with Gasteiger partial charge in [0, 0.05) is 36.3 Å². The molecule has 0 saturated heterocycles. The number of rotatable bonds is 7. The summed E-state index contributed by atoms with van der Waals surface area (Å²) < 4.78 is 0. The average molecular weight is 303 g/mol. The highest BCUT2D eigenvalue weighted by Crippen LogP contribution is 2.15. The molecular formula is C16H21N3OS. The number of hydrogen-bond donors (Lipinski definition) is 2. The molecule has 0 atom stereocenters. The van der Waals surface area contributed by atoms with Crippen molar-refractivity contribution in [3.8, 4) is 0 Å². The molecule has 0 spiro atoms. The highest BCUT2D eigenvalue weighted by atomic mass is 32.1. The normalized spacial score (nSPS) is 10.4. The van der Waals surface area contributed by atoms with Crippen molar-refractivity contribution in [3.63, 3.8) is 0 Å². The van der Waals surface area contributed by atoms with E-state index in [1.807, 2.05) is 36.6 Å². The van der Waals surface area contributed by atoms with E-state index in [0.29, 0.717) is 12.1 Å². The molecule has 0 aliphatic carbocycles. The maximum Gasteiger partial charge on any atom is 0.253 e. The van der Waals surface area contributed by atoms with Crippen molar-refractivity contribution >= 4 is 22.9 Å². The SMILES string of the molecule is CCCNc1ccccc1C(=O)NCCc1nc(C)cs1. The summed E-state index contributed by atoms with van der Waals surface area (Å²) in [5, 5.41) is 9.33. The summed E-state index contributed by atoms with van der Waals surface area (Å²) in [7, 11) is 0. The van der Waals surface area contributed by atoms with Gasteiger partial charge in [0.05, 0.1) is 10.6 Å². The monoisotopic (exact) mass is 303 g/mol. The molecule has 1 aromatic heterocycles. The van der Waals surface area contributed by atoms with Crippen LogP contribution < -0.4 is 10.6 Å². The Morgan fingerprint density at radius 1 is 1.29 bits per heavy atom. The summed E-state index contributed by atoms with van der Waals surface area (Å²) in [4.78, 5) is 16.6. The molecule has 4 nitrogen and oxygen atoms in total. The van der Waals surface area contributed by atoms with E-state index in [2.05, 4.69) is 22.5 Å². The summed E-state index contributed by atoms with van der Waals surface area (Å²) >= 11 is 1.64. The van der Waals surface area contributed by atoms with Gasteiger partial charge in [0.15, 0.2) is 0 Å². The minimum absolute atomic E-state index is 0.0394. The van der Waals surface area contributed by atoms with E-state index in [1.54, 1.807) is 11.3 Å². The Morgan fingerprint density at radius 3 is 2.81 bits per heavy atom. The summed E-state index contributed by atoms with van der Waals surface area (Å²) in [6, 6.07) is 7.61. The smallest absolute Gasteiger partial charge is 0.253 e. The zero-order valence-electron chi connectivity index (χ0n) is 12.5. The number of carbonyl (C=O) groups is 1. The van der Waals surface area contributed by atoms with Gasteiger partial charge in [0.1, 0.15) is 0 Å². The molecule has 5 heteroatoms. The van der Waals surface area contributed by atoms with Gasteiger partial charge in [0.2, 0.25) is 0 Å². The number of aryl methyl sites for hydroxylation is 1.